The van der Waals surface area contributed by atoms with Crippen LogP contribution < -0.4 is 5.32 Å². The van der Waals surface area contributed by atoms with Crippen LogP contribution in [0.3, 0.4) is 0 Å². The lowest BCUT2D eigenvalue weighted by Crippen LogP contribution is -2.12. The molecule has 1 N–H and O–H groups in total. The van der Waals surface area contributed by atoms with Crippen LogP contribution in [-0.2, 0) is 6.18 Å². The van der Waals surface area contributed by atoms with Gasteiger partial charge in [-0.05, 0) is 36.1 Å². The zero-order valence-electron chi connectivity index (χ0n) is 11.1. The van der Waals surface area contributed by atoms with Gasteiger partial charge in [0.1, 0.15) is 0 Å². The molecule has 7 heteroatoms. The summed E-state index contributed by atoms with van der Waals surface area (Å²) < 4.78 is 38.6. The minimum Gasteiger partial charge on any atom is -0.361 e. The standard InChI is InChI=1S/C13H15F3N2S2/c1-8(7-19-2)6-17-12-18-10-5-9(13(14,15)16)3-4-11(10)20-12/h3-5,8H,6-7H2,1-2H3,(H,17,18). The number of nitrogens with one attached hydrogen (secondary N) is 1. The number of benzene rings is 1. The Labute approximate surface area is 123 Å². The molecule has 20 heavy (non-hydrogen) atoms. The third kappa shape index (κ3) is 3.79. The summed E-state index contributed by atoms with van der Waals surface area (Å²) >= 11 is 3.15. The molecule has 2 rings (SSSR count). The molecule has 1 atom stereocenters. The predicted octanol–water partition coefficient (Wildman–Crippen LogP) is 4.73. The molecule has 110 valence electrons. The van der Waals surface area contributed by atoms with Crippen LogP contribution in [0.4, 0.5) is 18.3 Å². The zero-order chi connectivity index (χ0) is 14.8. The fourth-order valence-electron chi connectivity index (χ4n) is 1.78. The van der Waals surface area contributed by atoms with E-state index in [-0.39, 0.29) is 0 Å². The normalized spacial score (nSPS) is 13.7. The Kier molecular flexibility index (Phi) is 4.80. The van der Waals surface area contributed by atoms with Crippen LogP contribution in [0.15, 0.2) is 18.2 Å². The van der Waals surface area contributed by atoms with E-state index in [0.29, 0.717) is 16.6 Å². The van der Waals surface area contributed by atoms with Crippen molar-refractivity contribution in [1.82, 2.24) is 4.98 Å². The maximum absolute atomic E-state index is 12.6. The molecule has 1 unspecified atom stereocenters. The van der Waals surface area contributed by atoms with Crippen LogP contribution in [0.1, 0.15) is 12.5 Å². The summed E-state index contributed by atoms with van der Waals surface area (Å²) in [7, 11) is 0. The van der Waals surface area contributed by atoms with E-state index in [4.69, 9.17) is 0 Å². The molecule has 0 saturated carbocycles. The van der Waals surface area contributed by atoms with Crippen molar-refractivity contribution in [3.8, 4) is 0 Å². The maximum Gasteiger partial charge on any atom is 0.416 e. The van der Waals surface area contributed by atoms with Crippen molar-refractivity contribution in [2.24, 2.45) is 5.92 Å². The highest BCUT2D eigenvalue weighted by Crippen LogP contribution is 2.33. The van der Waals surface area contributed by atoms with Gasteiger partial charge in [0, 0.05) is 6.54 Å². The first kappa shape index (κ1) is 15.4. The van der Waals surface area contributed by atoms with Crippen molar-refractivity contribution in [2.45, 2.75) is 13.1 Å². The minimum atomic E-state index is -4.32. The fourth-order valence-corrected chi connectivity index (χ4v) is 3.32. The highest BCUT2D eigenvalue weighted by molar-refractivity contribution is 7.98. The van der Waals surface area contributed by atoms with Gasteiger partial charge in [-0.15, -0.1) is 0 Å². The Morgan fingerprint density at radius 2 is 2.15 bits per heavy atom. The molecular formula is C13H15F3N2S2. The SMILES string of the molecule is CSCC(C)CNc1nc2cc(C(F)(F)F)ccc2s1. The van der Waals surface area contributed by atoms with Gasteiger partial charge in [0.25, 0.3) is 0 Å². The van der Waals surface area contributed by atoms with Crippen molar-refractivity contribution in [2.75, 3.05) is 23.9 Å². The third-order valence-electron chi connectivity index (χ3n) is 2.77. The summed E-state index contributed by atoms with van der Waals surface area (Å²) in [4.78, 5) is 4.22. The molecule has 1 aromatic carbocycles. The quantitative estimate of drug-likeness (QED) is 0.862. The smallest absolute Gasteiger partial charge is 0.361 e. The van der Waals surface area contributed by atoms with E-state index in [9.17, 15) is 13.2 Å². The van der Waals surface area contributed by atoms with Gasteiger partial charge < -0.3 is 5.32 Å². The third-order valence-corrected chi connectivity index (χ3v) is 4.66. The number of halogens is 3. The molecule has 2 nitrogen and oxygen atoms in total. The topological polar surface area (TPSA) is 24.9 Å². The van der Waals surface area contributed by atoms with Crippen LogP contribution in [0.25, 0.3) is 10.2 Å². The summed E-state index contributed by atoms with van der Waals surface area (Å²) in [5.41, 5.74) is -0.262. The molecule has 0 saturated heterocycles. The highest BCUT2D eigenvalue weighted by atomic mass is 32.2. The summed E-state index contributed by atoms with van der Waals surface area (Å²) in [6.45, 7) is 2.89. The molecule has 1 heterocycles. The van der Waals surface area contributed by atoms with Crippen molar-refractivity contribution in [1.29, 1.82) is 0 Å². The second-order valence-electron chi connectivity index (χ2n) is 4.64. The monoisotopic (exact) mass is 320 g/mol. The average molecular weight is 320 g/mol. The van der Waals surface area contributed by atoms with E-state index in [1.54, 1.807) is 11.8 Å². The zero-order valence-corrected chi connectivity index (χ0v) is 12.8. The van der Waals surface area contributed by atoms with Gasteiger partial charge in [-0.25, -0.2) is 4.98 Å². The molecular weight excluding hydrogens is 305 g/mol. The average Bonchev–Trinajstić information content (AvgIpc) is 2.77. The van der Waals surface area contributed by atoms with E-state index in [1.165, 1.54) is 17.4 Å². The highest BCUT2D eigenvalue weighted by Gasteiger charge is 2.30. The number of fused-ring (bicyclic) bond motifs is 1. The molecule has 2 aromatic rings. The first-order valence-corrected chi connectivity index (χ1v) is 8.32. The number of hydrogen-bond acceptors (Lipinski definition) is 4. The number of alkyl halides is 3. The van der Waals surface area contributed by atoms with Crippen molar-refractivity contribution >= 4 is 38.4 Å². The molecule has 0 aliphatic rings. The lowest BCUT2D eigenvalue weighted by atomic mass is 10.2. The summed E-state index contributed by atoms with van der Waals surface area (Å²) in [5, 5.41) is 3.86. The number of thioether (sulfide) groups is 1. The summed E-state index contributed by atoms with van der Waals surface area (Å²) in [6.07, 6.45) is -2.27. The number of hydrogen-bond donors (Lipinski definition) is 1. The largest absolute Gasteiger partial charge is 0.416 e. The van der Waals surface area contributed by atoms with Gasteiger partial charge in [-0.1, -0.05) is 18.3 Å². The molecule has 0 fully saturated rings. The molecule has 0 bridgehead atoms. The summed E-state index contributed by atoms with van der Waals surface area (Å²) in [6, 6.07) is 3.68. The van der Waals surface area contributed by atoms with Gasteiger partial charge in [0.2, 0.25) is 0 Å². The Morgan fingerprint density at radius 1 is 1.40 bits per heavy atom. The van der Waals surface area contributed by atoms with E-state index in [2.05, 4.69) is 17.2 Å². The van der Waals surface area contributed by atoms with Crippen LogP contribution in [-0.4, -0.2) is 23.5 Å². The molecule has 1 aromatic heterocycles. The number of rotatable bonds is 5. The van der Waals surface area contributed by atoms with Gasteiger partial charge in [-0.2, -0.15) is 24.9 Å². The number of thiazole rings is 1. The van der Waals surface area contributed by atoms with E-state index in [1.807, 2.05) is 6.26 Å². The first-order chi connectivity index (χ1) is 9.40. The summed E-state index contributed by atoms with van der Waals surface area (Å²) in [5.74, 6) is 1.53. The molecule has 0 radical (unpaired) electrons. The number of anilines is 1. The van der Waals surface area contributed by atoms with Crippen molar-refractivity contribution < 1.29 is 13.2 Å². The van der Waals surface area contributed by atoms with Crippen molar-refractivity contribution in [3.05, 3.63) is 23.8 Å². The fraction of sp³-hybridized carbons (Fsp3) is 0.462. The van der Waals surface area contributed by atoms with Crippen LogP contribution >= 0.6 is 23.1 Å². The van der Waals surface area contributed by atoms with Crippen molar-refractivity contribution in [3.63, 3.8) is 0 Å². The van der Waals surface area contributed by atoms with Gasteiger partial charge >= 0.3 is 6.18 Å². The van der Waals surface area contributed by atoms with Crippen LogP contribution in [0.2, 0.25) is 0 Å². The van der Waals surface area contributed by atoms with E-state index >= 15 is 0 Å². The second-order valence-corrected chi connectivity index (χ2v) is 6.58. The lowest BCUT2D eigenvalue weighted by Gasteiger charge is -2.09. The lowest BCUT2D eigenvalue weighted by molar-refractivity contribution is -0.137. The maximum atomic E-state index is 12.6. The molecule has 0 spiro atoms. The Balaban J connectivity index is 2.13. The van der Waals surface area contributed by atoms with Gasteiger partial charge in [-0.3, -0.25) is 0 Å². The Hall–Kier alpha value is -0.950. The number of aromatic nitrogens is 1. The van der Waals surface area contributed by atoms with E-state index in [0.717, 1.165) is 29.1 Å². The Morgan fingerprint density at radius 3 is 2.80 bits per heavy atom. The van der Waals surface area contributed by atoms with Gasteiger partial charge in [0.15, 0.2) is 5.13 Å². The minimum absolute atomic E-state index is 0.393. The number of nitrogens with zero attached hydrogens (tertiary/aromatic N) is 1. The van der Waals surface area contributed by atoms with E-state index < -0.39 is 11.7 Å². The van der Waals surface area contributed by atoms with Crippen LogP contribution in [0, 0.1) is 5.92 Å². The first-order valence-electron chi connectivity index (χ1n) is 6.10. The molecule has 0 amide bonds. The Bertz CT molecular complexity index is 580. The molecule has 0 aliphatic heterocycles. The van der Waals surface area contributed by atoms with Crippen LogP contribution in [0.5, 0.6) is 0 Å². The predicted molar refractivity (Wildman–Crippen MR) is 80.7 cm³/mol. The second kappa shape index (κ2) is 6.22. The molecule has 0 aliphatic carbocycles. The van der Waals surface area contributed by atoms with Gasteiger partial charge in [0.05, 0.1) is 15.8 Å².